The molecule has 158 valence electrons. The lowest BCUT2D eigenvalue weighted by Crippen LogP contribution is -2.40. The lowest BCUT2D eigenvalue weighted by Gasteiger charge is -2.34. The molecular formula is C24H26O6. The molecule has 0 fully saturated rings. The molecule has 0 bridgehead atoms. The van der Waals surface area contributed by atoms with Crippen molar-refractivity contribution >= 4 is 11.9 Å². The highest BCUT2D eigenvalue weighted by Crippen LogP contribution is 2.44. The molecule has 0 amide bonds. The van der Waals surface area contributed by atoms with Crippen LogP contribution >= 0.6 is 0 Å². The fourth-order valence-electron chi connectivity index (χ4n) is 3.60. The van der Waals surface area contributed by atoms with Crippen molar-refractivity contribution in [1.29, 1.82) is 0 Å². The van der Waals surface area contributed by atoms with Crippen molar-refractivity contribution in [2.75, 3.05) is 6.61 Å². The second kappa shape index (κ2) is 8.61. The van der Waals surface area contributed by atoms with Gasteiger partial charge in [0.1, 0.15) is 22.6 Å². The minimum atomic E-state index is -1.20. The predicted octanol–water partition coefficient (Wildman–Crippen LogP) is 4.37. The maximum absolute atomic E-state index is 13.0. The number of hydrogen-bond donors (Lipinski definition) is 1. The molecule has 3 rings (SSSR count). The molecule has 1 heterocycles. The molecule has 0 atom stereocenters. The Kier molecular flexibility index (Phi) is 6.15. The van der Waals surface area contributed by atoms with E-state index in [0.29, 0.717) is 24.0 Å². The average Bonchev–Trinajstić information content (AvgIpc) is 2.68. The van der Waals surface area contributed by atoms with Gasteiger partial charge in [0.15, 0.2) is 0 Å². The summed E-state index contributed by atoms with van der Waals surface area (Å²) in [5, 5.41) is 11.0. The number of aromatic hydroxyl groups is 1. The number of esters is 2. The number of phenols is 1. The minimum Gasteiger partial charge on any atom is -0.507 e. The SMILES string of the molecule is C=CCc1c(O)c(C(=O)OCC)c(CCc2ccccc2)c2c1OC(C)(C)OC2=O. The molecule has 0 saturated carbocycles. The van der Waals surface area contributed by atoms with E-state index in [0.717, 1.165) is 5.56 Å². The summed E-state index contributed by atoms with van der Waals surface area (Å²) in [4.78, 5) is 25.7. The van der Waals surface area contributed by atoms with Crippen LogP contribution in [0.2, 0.25) is 0 Å². The Hall–Kier alpha value is -3.28. The van der Waals surface area contributed by atoms with Gasteiger partial charge in [-0.3, -0.25) is 0 Å². The van der Waals surface area contributed by atoms with Gasteiger partial charge in [-0.05, 0) is 37.3 Å². The molecule has 6 nitrogen and oxygen atoms in total. The summed E-state index contributed by atoms with van der Waals surface area (Å²) < 4.78 is 16.6. The standard InChI is InChI=1S/C24H26O6/c1-5-10-17-20(25)18(22(26)28-6-2)16(14-13-15-11-8-7-9-12-15)19-21(17)29-24(3,4)30-23(19)27/h5,7-9,11-12,25H,1,6,10,13-14H2,2-4H3. The zero-order valence-corrected chi connectivity index (χ0v) is 17.5. The molecule has 2 aromatic carbocycles. The Bertz CT molecular complexity index is 975. The molecule has 1 N–H and O–H groups in total. The van der Waals surface area contributed by atoms with Crippen LogP contribution in [0.5, 0.6) is 11.5 Å². The Labute approximate surface area is 176 Å². The molecular weight excluding hydrogens is 384 g/mol. The number of ether oxygens (including phenoxy) is 3. The van der Waals surface area contributed by atoms with Crippen molar-refractivity contribution in [2.24, 2.45) is 0 Å². The summed E-state index contributed by atoms with van der Waals surface area (Å²) in [6.45, 7) is 8.76. The van der Waals surface area contributed by atoms with E-state index in [1.54, 1.807) is 26.8 Å². The molecule has 0 aliphatic carbocycles. The number of hydrogen-bond acceptors (Lipinski definition) is 6. The number of cyclic esters (lactones) is 1. The van der Waals surface area contributed by atoms with E-state index in [4.69, 9.17) is 14.2 Å². The van der Waals surface area contributed by atoms with Crippen LogP contribution in [-0.2, 0) is 28.7 Å². The molecule has 0 radical (unpaired) electrons. The third-order valence-corrected chi connectivity index (χ3v) is 4.85. The average molecular weight is 410 g/mol. The van der Waals surface area contributed by atoms with Gasteiger partial charge in [-0.25, -0.2) is 9.59 Å². The van der Waals surface area contributed by atoms with Crippen LogP contribution < -0.4 is 4.74 Å². The van der Waals surface area contributed by atoms with Crippen LogP contribution in [0.15, 0.2) is 43.0 Å². The van der Waals surface area contributed by atoms with Gasteiger partial charge in [0.2, 0.25) is 5.79 Å². The first-order valence-corrected chi connectivity index (χ1v) is 9.94. The first kappa shape index (κ1) is 21.4. The third-order valence-electron chi connectivity index (χ3n) is 4.85. The van der Waals surface area contributed by atoms with Crippen molar-refractivity contribution in [2.45, 2.75) is 45.8 Å². The lowest BCUT2D eigenvalue weighted by molar-refractivity contribution is -0.128. The second-order valence-electron chi connectivity index (χ2n) is 7.48. The van der Waals surface area contributed by atoms with Crippen molar-refractivity contribution in [3.8, 4) is 11.5 Å². The molecule has 1 aliphatic heterocycles. The minimum absolute atomic E-state index is 0.0244. The number of carbonyl (C=O) groups excluding carboxylic acids is 2. The maximum Gasteiger partial charge on any atom is 0.345 e. The topological polar surface area (TPSA) is 82.1 Å². The van der Waals surface area contributed by atoms with E-state index >= 15 is 0 Å². The zero-order chi connectivity index (χ0) is 21.9. The van der Waals surface area contributed by atoms with Gasteiger partial charge in [-0.15, -0.1) is 6.58 Å². The van der Waals surface area contributed by atoms with Gasteiger partial charge >= 0.3 is 11.9 Å². The van der Waals surface area contributed by atoms with Crippen molar-refractivity contribution < 1.29 is 28.9 Å². The van der Waals surface area contributed by atoms with Crippen molar-refractivity contribution in [3.05, 3.63) is 70.8 Å². The van der Waals surface area contributed by atoms with Gasteiger partial charge in [-0.2, -0.15) is 0 Å². The Morgan fingerprint density at radius 2 is 1.87 bits per heavy atom. The van der Waals surface area contributed by atoms with Crippen LogP contribution in [0, 0.1) is 0 Å². The van der Waals surface area contributed by atoms with Crippen molar-refractivity contribution in [1.82, 2.24) is 0 Å². The van der Waals surface area contributed by atoms with Gasteiger partial charge in [0.05, 0.1) is 6.61 Å². The summed E-state index contributed by atoms with van der Waals surface area (Å²) in [5.74, 6) is -2.51. The van der Waals surface area contributed by atoms with Crippen LogP contribution in [0.4, 0.5) is 0 Å². The van der Waals surface area contributed by atoms with Gasteiger partial charge in [-0.1, -0.05) is 36.4 Å². The molecule has 30 heavy (non-hydrogen) atoms. The van der Waals surface area contributed by atoms with Crippen LogP contribution in [0.1, 0.15) is 58.2 Å². The van der Waals surface area contributed by atoms with Gasteiger partial charge in [0.25, 0.3) is 0 Å². The maximum atomic E-state index is 13.0. The molecule has 0 saturated heterocycles. The summed E-state index contributed by atoms with van der Waals surface area (Å²) in [6.07, 6.45) is 2.66. The smallest absolute Gasteiger partial charge is 0.345 e. The fourth-order valence-corrected chi connectivity index (χ4v) is 3.60. The highest BCUT2D eigenvalue weighted by Gasteiger charge is 2.40. The molecule has 0 unspecified atom stereocenters. The zero-order valence-electron chi connectivity index (χ0n) is 17.5. The van der Waals surface area contributed by atoms with E-state index in [1.165, 1.54) is 0 Å². The molecule has 0 spiro atoms. The quantitative estimate of drug-likeness (QED) is 0.539. The Balaban J connectivity index is 2.23. The number of benzene rings is 2. The van der Waals surface area contributed by atoms with E-state index < -0.39 is 17.7 Å². The summed E-state index contributed by atoms with van der Waals surface area (Å²) >= 11 is 0. The van der Waals surface area contributed by atoms with Crippen LogP contribution in [0.25, 0.3) is 0 Å². The van der Waals surface area contributed by atoms with Gasteiger partial charge in [0, 0.05) is 19.4 Å². The fraction of sp³-hybridized carbons (Fsp3) is 0.333. The highest BCUT2D eigenvalue weighted by atomic mass is 16.7. The summed E-state index contributed by atoms with van der Waals surface area (Å²) in [6, 6.07) is 9.67. The lowest BCUT2D eigenvalue weighted by atomic mass is 9.89. The third kappa shape index (κ3) is 4.17. The predicted molar refractivity (Wildman–Crippen MR) is 112 cm³/mol. The number of phenolic OH excluding ortho intramolecular Hbond substituents is 1. The first-order chi connectivity index (χ1) is 14.3. The Morgan fingerprint density at radius 3 is 2.50 bits per heavy atom. The van der Waals surface area contributed by atoms with Gasteiger partial charge < -0.3 is 19.3 Å². The van der Waals surface area contributed by atoms with E-state index in [-0.39, 0.29) is 35.7 Å². The molecule has 2 aromatic rings. The van der Waals surface area contributed by atoms with E-state index in [9.17, 15) is 14.7 Å². The summed E-state index contributed by atoms with van der Waals surface area (Å²) in [5.41, 5.74) is 1.84. The van der Waals surface area contributed by atoms with E-state index in [1.807, 2.05) is 30.3 Å². The summed E-state index contributed by atoms with van der Waals surface area (Å²) in [7, 11) is 0. The molecule has 0 aromatic heterocycles. The highest BCUT2D eigenvalue weighted by molar-refractivity contribution is 6.03. The molecule has 6 heteroatoms. The van der Waals surface area contributed by atoms with Crippen molar-refractivity contribution in [3.63, 3.8) is 0 Å². The second-order valence-corrected chi connectivity index (χ2v) is 7.48. The number of carbonyl (C=O) groups is 2. The number of aryl methyl sites for hydroxylation is 1. The molecule has 1 aliphatic rings. The number of rotatable bonds is 7. The number of allylic oxidation sites excluding steroid dienone is 1. The van der Waals surface area contributed by atoms with E-state index in [2.05, 4.69) is 6.58 Å². The van der Waals surface area contributed by atoms with Crippen LogP contribution in [-0.4, -0.2) is 29.4 Å². The van der Waals surface area contributed by atoms with Crippen LogP contribution in [0.3, 0.4) is 0 Å². The Morgan fingerprint density at radius 1 is 1.17 bits per heavy atom. The largest absolute Gasteiger partial charge is 0.507 e. The monoisotopic (exact) mass is 410 g/mol. The normalized spacial score (nSPS) is 14.3. The number of fused-ring (bicyclic) bond motifs is 1. The first-order valence-electron chi connectivity index (χ1n) is 9.94.